The summed E-state index contributed by atoms with van der Waals surface area (Å²) in [7, 11) is 0. The smallest absolute Gasteiger partial charge is 0.0997 e. The molecule has 1 fully saturated rings. The van der Waals surface area contributed by atoms with Gasteiger partial charge in [-0.15, -0.1) is 0 Å². The molecule has 0 spiro atoms. The first-order chi connectivity index (χ1) is 8.30. The summed E-state index contributed by atoms with van der Waals surface area (Å²) in [6, 6.07) is 17.4. The highest BCUT2D eigenvalue weighted by Crippen LogP contribution is 2.54. The lowest BCUT2D eigenvalue weighted by atomic mass is 9.86. The van der Waals surface area contributed by atoms with Crippen molar-refractivity contribution in [1.82, 2.24) is 0 Å². The van der Waals surface area contributed by atoms with E-state index in [0.717, 1.165) is 6.61 Å². The van der Waals surface area contributed by atoms with Gasteiger partial charge in [0.05, 0.1) is 12.2 Å². The molecule has 2 aromatic rings. The average molecular weight is 222 g/mol. The summed E-state index contributed by atoms with van der Waals surface area (Å²) in [4.78, 5) is 0. The van der Waals surface area contributed by atoms with E-state index in [1.807, 2.05) is 0 Å². The van der Waals surface area contributed by atoms with Crippen molar-refractivity contribution in [2.75, 3.05) is 6.61 Å². The predicted molar refractivity (Wildman–Crippen MR) is 68.1 cm³/mol. The first-order valence-corrected chi connectivity index (χ1v) is 6.12. The molecule has 4 rings (SSSR count). The molecule has 17 heavy (non-hydrogen) atoms. The molecule has 0 saturated carbocycles. The first-order valence-electron chi connectivity index (χ1n) is 6.12. The van der Waals surface area contributed by atoms with E-state index in [0.29, 0.717) is 5.92 Å². The zero-order valence-corrected chi connectivity index (χ0v) is 9.81. The molecule has 1 aliphatic carbocycles. The summed E-state index contributed by atoms with van der Waals surface area (Å²) in [5.41, 5.74) is 5.62. The molecule has 1 nitrogen and oxygen atoms in total. The van der Waals surface area contributed by atoms with Crippen molar-refractivity contribution >= 4 is 0 Å². The quantitative estimate of drug-likeness (QED) is 0.672. The summed E-state index contributed by atoms with van der Waals surface area (Å²) in [5, 5.41) is 0. The Labute approximate surface area is 101 Å². The average Bonchev–Trinajstić information content (AvgIpc) is 3.01. The zero-order valence-electron chi connectivity index (χ0n) is 9.81. The van der Waals surface area contributed by atoms with E-state index in [9.17, 15) is 0 Å². The topological polar surface area (TPSA) is 12.5 Å². The summed E-state index contributed by atoms with van der Waals surface area (Å²) < 4.78 is 5.69. The van der Waals surface area contributed by atoms with E-state index >= 15 is 0 Å². The number of rotatable bonds is 1. The third kappa shape index (κ3) is 1.18. The molecule has 1 saturated heterocycles. The highest BCUT2D eigenvalue weighted by Gasteiger charge is 2.51. The van der Waals surface area contributed by atoms with Gasteiger partial charge in [-0.25, -0.2) is 0 Å². The fraction of sp³-hybridized carbons (Fsp3) is 0.250. The van der Waals surface area contributed by atoms with Crippen LogP contribution in [0.15, 0.2) is 48.5 Å². The van der Waals surface area contributed by atoms with Crippen molar-refractivity contribution in [3.63, 3.8) is 0 Å². The van der Waals surface area contributed by atoms with Crippen LogP contribution in [-0.4, -0.2) is 12.2 Å². The maximum absolute atomic E-state index is 5.69. The van der Waals surface area contributed by atoms with Crippen LogP contribution in [-0.2, 0) is 4.74 Å². The monoisotopic (exact) mass is 222 g/mol. The van der Waals surface area contributed by atoms with Gasteiger partial charge < -0.3 is 4.74 Å². The van der Waals surface area contributed by atoms with Gasteiger partial charge in [0.25, 0.3) is 0 Å². The Balaban J connectivity index is 2.02. The standard InChI is InChI=1S/C16H14O/c1-16(10-17-16)15-13-8-4-2-6-11(13)12-7-3-5-9-14(12)15/h2-9,15H,10H2,1H3. The van der Waals surface area contributed by atoms with Crippen molar-refractivity contribution < 1.29 is 4.74 Å². The molecule has 2 aliphatic rings. The van der Waals surface area contributed by atoms with E-state index in [2.05, 4.69) is 55.5 Å². The maximum atomic E-state index is 5.69. The minimum atomic E-state index is 0.0166. The van der Waals surface area contributed by atoms with E-state index in [1.54, 1.807) is 0 Å². The van der Waals surface area contributed by atoms with Crippen LogP contribution >= 0.6 is 0 Å². The maximum Gasteiger partial charge on any atom is 0.0997 e. The fourth-order valence-electron chi connectivity index (χ4n) is 3.09. The van der Waals surface area contributed by atoms with Gasteiger partial charge in [0.15, 0.2) is 0 Å². The van der Waals surface area contributed by atoms with Crippen LogP contribution in [0, 0.1) is 0 Å². The van der Waals surface area contributed by atoms with Gasteiger partial charge in [-0.05, 0) is 29.2 Å². The van der Waals surface area contributed by atoms with Gasteiger partial charge in [0, 0.05) is 5.92 Å². The van der Waals surface area contributed by atoms with Gasteiger partial charge in [0.2, 0.25) is 0 Å². The normalized spacial score (nSPS) is 25.5. The summed E-state index contributed by atoms with van der Waals surface area (Å²) >= 11 is 0. The Morgan fingerprint density at radius 1 is 0.941 bits per heavy atom. The Bertz CT molecular complexity index is 550. The van der Waals surface area contributed by atoms with Crippen molar-refractivity contribution in [2.24, 2.45) is 0 Å². The largest absolute Gasteiger partial charge is 0.369 e. The van der Waals surface area contributed by atoms with Gasteiger partial charge in [-0.3, -0.25) is 0 Å². The van der Waals surface area contributed by atoms with E-state index in [4.69, 9.17) is 4.74 Å². The van der Waals surface area contributed by atoms with Crippen molar-refractivity contribution in [3.05, 3.63) is 59.7 Å². The first kappa shape index (κ1) is 9.43. The number of hydrogen-bond donors (Lipinski definition) is 0. The molecular formula is C16H14O. The van der Waals surface area contributed by atoms with Crippen LogP contribution in [0.2, 0.25) is 0 Å². The van der Waals surface area contributed by atoms with Crippen molar-refractivity contribution in [3.8, 4) is 11.1 Å². The SMILES string of the molecule is CC1(C2c3ccccc3-c3ccccc32)CO1. The number of benzene rings is 2. The lowest BCUT2D eigenvalue weighted by molar-refractivity contribution is 0.302. The molecule has 84 valence electrons. The minimum Gasteiger partial charge on any atom is -0.369 e. The Hall–Kier alpha value is -1.60. The van der Waals surface area contributed by atoms with E-state index in [1.165, 1.54) is 22.3 Å². The van der Waals surface area contributed by atoms with E-state index < -0.39 is 0 Å². The third-order valence-corrected chi connectivity index (χ3v) is 4.04. The van der Waals surface area contributed by atoms with Crippen LogP contribution in [0.4, 0.5) is 0 Å². The Kier molecular flexibility index (Phi) is 1.66. The van der Waals surface area contributed by atoms with Crippen molar-refractivity contribution in [2.45, 2.75) is 18.4 Å². The van der Waals surface area contributed by atoms with Gasteiger partial charge >= 0.3 is 0 Å². The molecule has 0 amide bonds. The molecule has 1 heteroatoms. The molecule has 0 N–H and O–H groups in total. The lowest BCUT2D eigenvalue weighted by Gasteiger charge is -2.17. The third-order valence-electron chi connectivity index (χ3n) is 4.04. The predicted octanol–water partition coefficient (Wildman–Crippen LogP) is 3.59. The molecule has 0 aromatic heterocycles. The molecule has 0 radical (unpaired) electrons. The van der Waals surface area contributed by atoms with Crippen LogP contribution in [0.25, 0.3) is 11.1 Å². The highest BCUT2D eigenvalue weighted by molar-refractivity contribution is 5.79. The zero-order chi connectivity index (χ0) is 11.5. The second-order valence-electron chi connectivity index (χ2n) is 5.21. The highest BCUT2D eigenvalue weighted by atomic mass is 16.6. The second-order valence-corrected chi connectivity index (χ2v) is 5.21. The molecule has 1 aliphatic heterocycles. The number of ether oxygens (including phenoxy) is 1. The summed E-state index contributed by atoms with van der Waals surface area (Å²) in [6.07, 6.45) is 0. The molecule has 1 atom stereocenters. The van der Waals surface area contributed by atoms with Gasteiger partial charge in [0.1, 0.15) is 0 Å². The number of epoxide rings is 1. The molecule has 1 heterocycles. The Morgan fingerprint density at radius 2 is 1.41 bits per heavy atom. The van der Waals surface area contributed by atoms with Crippen LogP contribution in [0.3, 0.4) is 0 Å². The van der Waals surface area contributed by atoms with Gasteiger partial charge in [-0.1, -0.05) is 48.5 Å². The molecule has 1 unspecified atom stereocenters. The summed E-state index contributed by atoms with van der Waals surface area (Å²) in [5.74, 6) is 0.412. The van der Waals surface area contributed by atoms with Crippen molar-refractivity contribution in [1.29, 1.82) is 0 Å². The second kappa shape index (κ2) is 2.99. The molecular weight excluding hydrogens is 208 g/mol. The number of hydrogen-bond acceptors (Lipinski definition) is 1. The minimum absolute atomic E-state index is 0.0166. The van der Waals surface area contributed by atoms with Crippen LogP contribution in [0.1, 0.15) is 24.0 Å². The van der Waals surface area contributed by atoms with Crippen LogP contribution in [0.5, 0.6) is 0 Å². The fourth-order valence-corrected chi connectivity index (χ4v) is 3.09. The Morgan fingerprint density at radius 3 is 1.88 bits per heavy atom. The summed E-state index contributed by atoms with van der Waals surface area (Å²) in [6.45, 7) is 3.09. The van der Waals surface area contributed by atoms with Crippen LogP contribution < -0.4 is 0 Å². The number of fused-ring (bicyclic) bond motifs is 3. The molecule has 0 bridgehead atoms. The van der Waals surface area contributed by atoms with E-state index in [-0.39, 0.29) is 5.60 Å². The van der Waals surface area contributed by atoms with Gasteiger partial charge in [-0.2, -0.15) is 0 Å². The molecule has 2 aromatic carbocycles. The lowest BCUT2D eigenvalue weighted by Crippen LogP contribution is -2.17.